The summed E-state index contributed by atoms with van der Waals surface area (Å²) >= 11 is 1.32. The van der Waals surface area contributed by atoms with Crippen LogP contribution in [0.15, 0.2) is 40.5 Å². The maximum Gasteiger partial charge on any atom is 1.00 e. The van der Waals surface area contributed by atoms with Gasteiger partial charge in [0.15, 0.2) is 0 Å². The van der Waals surface area contributed by atoms with Crippen molar-refractivity contribution in [1.29, 1.82) is 0 Å². The standard InChI is InChI=1S/C20H26F3N3OS2.ClH/c1-5-16-12-24-19(28-16)18(25-27-14(4)13-26(6-2)7-3)15-9-8-10-17(11-15)29-20(21,22)23;/h8-12,14H,5-7,13H2,1-4H3;1H/b25-18-;. The molecule has 0 saturated carbocycles. The van der Waals surface area contributed by atoms with Crippen LogP contribution in [0.25, 0.3) is 0 Å². The van der Waals surface area contributed by atoms with Crippen molar-refractivity contribution in [1.82, 2.24) is 9.88 Å². The van der Waals surface area contributed by atoms with E-state index >= 15 is 0 Å². The third-order valence-electron chi connectivity index (χ3n) is 4.18. The largest absolute Gasteiger partial charge is 1.00 e. The van der Waals surface area contributed by atoms with Crippen molar-refractivity contribution in [2.45, 2.75) is 50.6 Å². The molecule has 1 aromatic carbocycles. The molecule has 1 unspecified atom stereocenters. The Bertz CT molecular complexity index is 817. The SMILES string of the molecule is CCc1cnc(/C(=N\OC(C)CN(CC)CC)c2cccc(SC(F)(F)F)c2)s1.[Cl-].[H+]. The van der Waals surface area contributed by atoms with Crippen LogP contribution in [0.2, 0.25) is 0 Å². The van der Waals surface area contributed by atoms with Crippen molar-refractivity contribution >= 4 is 28.8 Å². The summed E-state index contributed by atoms with van der Waals surface area (Å²) in [6, 6.07) is 6.22. The van der Waals surface area contributed by atoms with Crippen LogP contribution < -0.4 is 12.4 Å². The van der Waals surface area contributed by atoms with Gasteiger partial charge < -0.3 is 22.1 Å². The van der Waals surface area contributed by atoms with Gasteiger partial charge in [-0.15, -0.1) is 11.3 Å². The van der Waals surface area contributed by atoms with Crippen molar-refractivity contribution < 1.29 is 31.8 Å². The predicted molar refractivity (Wildman–Crippen MR) is 115 cm³/mol. The number of aryl methyl sites for hydroxylation is 1. The lowest BCUT2D eigenvalue weighted by Crippen LogP contribution is -3.00. The Balaban J connectivity index is 0.00000450. The molecular formula is C20H27ClF3N3OS2. The number of alkyl halides is 3. The minimum Gasteiger partial charge on any atom is -1.00 e. The molecule has 0 spiro atoms. The second-order valence-corrected chi connectivity index (χ2v) is 8.66. The van der Waals surface area contributed by atoms with Crippen molar-refractivity contribution in [2.75, 3.05) is 19.6 Å². The smallest absolute Gasteiger partial charge is 1.00 e. The van der Waals surface area contributed by atoms with Crippen LogP contribution in [-0.2, 0) is 11.3 Å². The second-order valence-electron chi connectivity index (χ2n) is 6.40. The van der Waals surface area contributed by atoms with E-state index in [9.17, 15) is 13.2 Å². The molecule has 2 rings (SSSR count). The fourth-order valence-corrected chi connectivity index (χ4v) is 4.11. The normalized spacial score (nSPS) is 13.3. The Morgan fingerprint density at radius 1 is 1.30 bits per heavy atom. The summed E-state index contributed by atoms with van der Waals surface area (Å²) < 4.78 is 38.3. The first-order valence-electron chi connectivity index (χ1n) is 9.53. The van der Waals surface area contributed by atoms with Gasteiger partial charge in [-0.25, -0.2) is 4.98 Å². The van der Waals surface area contributed by atoms with E-state index in [0.717, 1.165) is 24.4 Å². The number of oxime groups is 1. The molecule has 0 aliphatic carbocycles. The maximum absolute atomic E-state index is 12.8. The van der Waals surface area contributed by atoms with Gasteiger partial charge in [-0.2, -0.15) is 13.2 Å². The van der Waals surface area contributed by atoms with Gasteiger partial charge in [-0.3, -0.25) is 0 Å². The molecule has 10 heteroatoms. The lowest BCUT2D eigenvalue weighted by Gasteiger charge is -2.21. The highest BCUT2D eigenvalue weighted by Crippen LogP contribution is 2.37. The Hall–Kier alpha value is -1.29. The number of hydrogen-bond acceptors (Lipinski definition) is 6. The average Bonchev–Trinajstić information content (AvgIpc) is 3.14. The average molecular weight is 482 g/mol. The molecule has 30 heavy (non-hydrogen) atoms. The van der Waals surface area contributed by atoms with Gasteiger partial charge in [-0.1, -0.05) is 38.1 Å². The molecule has 2 aromatic rings. The Labute approximate surface area is 191 Å². The quantitative estimate of drug-likeness (QED) is 0.297. The molecule has 0 bridgehead atoms. The van der Waals surface area contributed by atoms with Gasteiger partial charge in [0.1, 0.15) is 16.8 Å². The van der Waals surface area contributed by atoms with E-state index in [0.29, 0.717) is 22.8 Å². The molecule has 1 aromatic heterocycles. The zero-order valence-corrected chi connectivity index (χ0v) is 19.8. The lowest BCUT2D eigenvalue weighted by molar-refractivity contribution is -0.0328. The van der Waals surface area contributed by atoms with Gasteiger partial charge in [0.05, 0.1) is 0 Å². The van der Waals surface area contributed by atoms with E-state index in [1.165, 1.54) is 23.5 Å². The van der Waals surface area contributed by atoms with Crippen molar-refractivity contribution in [3.05, 3.63) is 45.9 Å². The molecule has 0 aliphatic heterocycles. The topological polar surface area (TPSA) is 37.7 Å². The van der Waals surface area contributed by atoms with E-state index in [2.05, 4.69) is 28.9 Å². The fourth-order valence-electron chi connectivity index (χ4n) is 2.66. The van der Waals surface area contributed by atoms with Crippen LogP contribution in [0.1, 0.15) is 44.6 Å². The maximum atomic E-state index is 12.8. The third-order valence-corrected chi connectivity index (χ3v) is 6.05. The summed E-state index contributed by atoms with van der Waals surface area (Å²) in [6.45, 7) is 10.6. The monoisotopic (exact) mass is 481 g/mol. The first-order chi connectivity index (χ1) is 13.8. The molecule has 1 atom stereocenters. The Morgan fingerprint density at radius 2 is 2.00 bits per heavy atom. The minimum absolute atomic E-state index is 0. The summed E-state index contributed by atoms with van der Waals surface area (Å²) in [4.78, 5) is 13.5. The van der Waals surface area contributed by atoms with E-state index in [1.54, 1.807) is 18.3 Å². The van der Waals surface area contributed by atoms with Crippen molar-refractivity contribution in [2.24, 2.45) is 5.16 Å². The van der Waals surface area contributed by atoms with E-state index in [1.807, 2.05) is 13.8 Å². The highest BCUT2D eigenvalue weighted by Gasteiger charge is 2.29. The molecule has 0 radical (unpaired) electrons. The van der Waals surface area contributed by atoms with Gasteiger partial charge in [0, 0.05) is 28.1 Å². The Morgan fingerprint density at radius 3 is 2.57 bits per heavy atom. The molecule has 0 N–H and O–H groups in total. The third kappa shape index (κ3) is 8.45. The van der Waals surface area contributed by atoms with Crippen LogP contribution >= 0.6 is 23.1 Å². The molecule has 4 nitrogen and oxygen atoms in total. The number of thioether (sulfide) groups is 1. The van der Waals surface area contributed by atoms with Crippen LogP contribution in [0, 0.1) is 0 Å². The first kappa shape index (κ1) is 26.7. The zero-order valence-electron chi connectivity index (χ0n) is 18.4. The summed E-state index contributed by atoms with van der Waals surface area (Å²) in [6.07, 6.45) is 2.43. The molecule has 1 heterocycles. The number of rotatable bonds is 10. The second kappa shape index (κ2) is 12.5. The summed E-state index contributed by atoms with van der Waals surface area (Å²) in [5.74, 6) is 0. The van der Waals surface area contributed by atoms with Crippen LogP contribution in [-0.4, -0.2) is 46.8 Å². The summed E-state index contributed by atoms with van der Waals surface area (Å²) in [7, 11) is 0. The van der Waals surface area contributed by atoms with E-state index in [-0.39, 0.29) is 36.6 Å². The first-order valence-corrected chi connectivity index (χ1v) is 11.2. The van der Waals surface area contributed by atoms with E-state index < -0.39 is 5.51 Å². The summed E-state index contributed by atoms with van der Waals surface area (Å²) in [5, 5.41) is 4.95. The number of benzene rings is 1. The molecule has 168 valence electrons. The minimum atomic E-state index is -4.35. The number of thiazole rings is 1. The van der Waals surface area contributed by atoms with Crippen LogP contribution in [0.4, 0.5) is 13.2 Å². The number of halogens is 4. The molecule has 0 fully saturated rings. The van der Waals surface area contributed by atoms with Crippen molar-refractivity contribution in [3.63, 3.8) is 0 Å². The lowest BCUT2D eigenvalue weighted by atomic mass is 10.1. The highest BCUT2D eigenvalue weighted by atomic mass is 35.5. The van der Waals surface area contributed by atoms with Gasteiger partial charge in [-0.05, 0) is 50.3 Å². The van der Waals surface area contributed by atoms with Gasteiger partial charge in [0.25, 0.3) is 0 Å². The molecule has 0 amide bonds. The predicted octanol–water partition coefficient (Wildman–Crippen LogP) is 2.93. The number of likely N-dealkylation sites (N-methyl/N-ethyl adjacent to an activating group) is 1. The van der Waals surface area contributed by atoms with E-state index in [4.69, 9.17) is 4.84 Å². The van der Waals surface area contributed by atoms with Gasteiger partial charge in [0.2, 0.25) is 0 Å². The fraction of sp³-hybridized carbons (Fsp3) is 0.500. The Kier molecular flexibility index (Phi) is 11.2. The molecule has 0 aliphatic rings. The number of aromatic nitrogens is 1. The zero-order chi connectivity index (χ0) is 21.4. The molecule has 0 saturated heterocycles. The van der Waals surface area contributed by atoms with Crippen LogP contribution in [0.5, 0.6) is 0 Å². The summed E-state index contributed by atoms with van der Waals surface area (Å²) in [5.41, 5.74) is -3.35. The number of hydrogen-bond donors (Lipinski definition) is 0. The highest BCUT2D eigenvalue weighted by molar-refractivity contribution is 8.00. The number of nitrogens with zero attached hydrogens (tertiary/aromatic N) is 3. The molecular weight excluding hydrogens is 455 g/mol. The van der Waals surface area contributed by atoms with Gasteiger partial charge >= 0.3 is 6.93 Å². The van der Waals surface area contributed by atoms with Crippen LogP contribution in [0.3, 0.4) is 0 Å². The van der Waals surface area contributed by atoms with Crippen molar-refractivity contribution in [3.8, 4) is 0 Å².